The number of halogens is 3. The topological polar surface area (TPSA) is 86.8 Å². The molecule has 4 rings (SSSR count). The van der Waals surface area contributed by atoms with Crippen LogP contribution in [0.25, 0.3) is 0 Å². The molecule has 7 nitrogen and oxygen atoms in total. The van der Waals surface area contributed by atoms with Crippen LogP contribution in [0.5, 0.6) is 0 Å². The zero-order valence-electron chi connectivity index (χ0n) is 26.0. The van der Waals surface area contributed by atoms with Crippen molar-refractivity contribution in [3.05, 3.63) is 129 Å². The van der Waals surface area contributed by atoms with E-state index < -0.39 is 34.1 Å². The molecular weight excluding hydrogens is 665 g/mol. The lowest BCUT2D eigenvalue weighted by atomic mass is 10.0. The number of amides is 2. The summed E-state index contributed by atoms with van der Waals surface area (Å²) in [5, 5.41) is 3.93. The molecule has 0 saturated heterocycles. The lowest BCUT2D eigenvalue weighted by Crippen LogP contribution is -2.56. The van der Waals surface area contributed by atoms with Gasteiger partial charge in [0.25, 0.3) is 10.0 Å². The van der Waals surface area contributed by atoms with Crippen LogP contribution in [0.4, 0.5) is 5.69 Å². The average molecular weight is 701 g/mol. The van der Waals surface area contributed by atoms with E-state index in [-0.39, 0.29) is 34.5 Å². The second-order valence-electron chi connectivity index (χ2n) is 12.0. The zero-order valence-corrected chi connectivity index (χ0v) is 29.1. The Kier molecular flexibility index (Phi) is 11.4. The highest BCUT2D eigenvalue weighted by Crippen LogP contribution is 2.28. The maximum atomic E-state index is 14.5. The number of rotatable bonds is 11. The Morgan fingerprint density at radius 2 is 1.48 bits per heavy atom. The standard InChI is InChI=1S/C35H36Cl3N3O4S/c1-24-13-16-29(17-14-24)46(44,45)41(28-12-8-11-27(36)21-28)23-33(42)40(22-26-15-18-30(37)31(38)19-26)32(34(43)39-35(2,3)4)20-25-9-6-5-7-10-25/h5-19,21,32H,20,22-23H2,1-4H3,(H,39,43)/t32-/m1/s1. The average Bonchev–Trinajstić information content (AvgIpc) is 2.99. The molecule has 0 saturated carbocycles. The van der Waals surface area contributed by atoms with Crippen molar-refractivity contribution in [2.24, 2.45) is 0 Å². The van der Waals surface area contributed by atoms with Crippen molar-refractivity contribution < 1.29 is 18.0 Å². The van der Waals surface area contributed by atoms with Gasteiger partial charge in [0.1, 0.15) is 12.6 Å². The van der Waals surface area contributed by atoms with Crippen molar-refractivity contribution in [3.63, 3.8) is 0 Å². The van der Waals surface area contributed by atoms with Gasteiger partial charge in [0, 0.05) is 23.5 Å². The van der Waals surface area contributed by atoms with E-state index in [1.54, 1.807) is 48.5 Å². The van der Waals surface area contributed by atoms with E-state index in [4.69, 9.17) is 34.8 Å². The maximum absolute atomic E-state index is 14.5. The molecule has 0 fully saturated rings. The van der Waals surface area contributed by atoms with Crippen LogP contribution in [0.15, 0.2) is 102 Å². The van der Waals surface area contributed by atoms with Gasteiger partial charge in [0.15, 0.2) is 0 Å². The number of carbonyl (C=O) groups excluding carboxylic acids is 2. The number of anilines is 1. The molecule has 4 aromatic carbocycles. The molecule has 11 heteroatoms. The van der Waals surface area contributed by atoms with Crippen LogP contribution in [0.2, 0.25) is 15.1 Å². The van der Waals surface area contributed by atoms with Gasteiger partial charge >= 0.3 is 0 Å². The Bertz CT molecular complexity index is 1790. The summed E-state index contributed by atoms with van der Waals surface area (Å²) >= 11 is 18.8. The van der Waals surface area contributed by atoms with Crippen LogP contribution in [0.1, 0.15) is 37.5 Å². The van der Waals surface area contributed by atoms with Crippen LogP contribution in [-0.4, -0.2) is 43.3 Å². The molecule has 0 bridgehead atoms. The maximum Gasteiger partial charge on any atom is 0.264 e. The number of hydrogen-bond acceptors (Lipinski definition) is 4. The highest BCUT2D eigenvalue weighted by molar-refractivity contribution is 7.92. The number of carbonyl (C=O) groups is 2. The van der Waals surface area contributed by atoms with E-state index in [9.17, 15) is 18.0 Å². The Labute approximate surface area is 286 Å². The number of nitrogens with zero attached hydrogens (tertiary/aromatic N) is 2. The Hall–Kier alpha value is -3.56. The summed E-state index contributed by atoms with van der Waals surface area (Å²) in [6, 6.07) is 25.9. The summed E-state index contributed by atoms with van der Waals surface area (Å²) < 4.78 is 29.3. The van der Waals surface area contributed by atoms with E-state index in [1.165, 1.54) is 23.1 Å². The summed E-state index contributed by atoms with van der Waals surface area (Å²) in [6.45, 7) is 6.76. The number of hydrogen-bond donors (Lipinski definition) is 1. The molecule has 4 aromatic rings. The second-order valence-corrected chi connectivity index (χ2v) is 15.1. The van der Waals surface area contributed by atoms with Gasteiger partial charge in [-0.2, -0.15) is 0 Å². The normalized spacial score (nSPS) is 12.3. The van der Waals surface area contributed by atoms with Crippen molar-refractivity contribution in [2.45, 2.75) is 57.1 Å². The predicted molar refractivity (Wildman–Crippen MR) is 186 cm³/mol. The summed E-state index contributed by atoms with van der Waals surface area (Å²) in [5.41, 5.74) is 1.91. The summed E-state index contributed by atoms with van der Waals surface area (Å²) in [5.74, 6) is -0.993. The Balaban J connectivity index is 1.83. The van der Waals surface area contributed by atoms with Crippen molar-refractivity contribution in [3.8, 4) is 0 Å². The molecule has 0 aliphatic rings. The first-order valence-electron chi connectivity index (χ1n) is 14.6. The van der Waals surface area contributed by atoms with Gasteiger partial charge in [-0.3, -0.25) is 13.9 Å². The van der Waals surface area contributed by atoms with Gasteiger partial charge in [-0.15, -0.1) is 0 Å². The molecule has 1 atom stereocenters. The van der Waals surface area contributed by atoms with E-state index in [0.717, 1.165) is 15.4 Å². The zero-order chi connectivity index (χ0) is 33.6. The van der Waals surface area contributed by atoms with Crippen molar-refractivity contribution in [1.29, 1.82) is 0 Å². The van der Waals surface area contributed by atoms with Gasteiger partial charge in [-0.25, -0.2) is 8.42 Å². The van der Waals surface area contributed by atoms with Crippen molar-refractivity contribution >= 4 is 62.3 Å². The fourth-order valence-corrected chi connectivity index (χ4v) is 6.75. The van der Waals surface area contributed by atoms with Gasteiger partial charge in [0.05, 0.1) is 20.6 Å². The third-order valence-electron chi connectivity index (χ3n) is 7.09. The predicted octanol–water partition coefficient (Wildman–Crippen LogP) is 7.71. The van der Waals surface area contributed by atoms with Crippen molar-refractivity contribution in [1.82, 2.24) is 10.2 Å². The molecule has 2 amide bonds. The van der Waals surface area contributed by atoms with Crippen LogP contribution in [-0.2, 0) is 32.6 Å². The van der Waals surface area contributed by atoms with Gasteiger partial charge in [-0.05, 0) is 81.3 Å². The minimum Gasteiger partial charge on any atom is -0.350 e. The van der Waals surface area contributed by atoms with Gasteiger partial charge in [-0.1, -0.05) is 95.0 Å². The molecule has 0 radical (unpaired) electrons. The third-order valence-corrected chi connectivity index (χ3v) is 9.85. The fourth-order valence-electron chi connectivity index (χ4n) is 4.84. The largest absolute Gasteiger partial charge is 0.350 e. The lowest BCUT2D eigenvalue weighted by Gasteiger charge is -2.35. The Morgan fingerprint density at radius 3 is 2.09 bits per heavy atom. The second kappa shape index (κ2) is 14.9. The summed E-state index contributed by atoms with van der Waals surface area (Å²) in [4.78, 5) is 29.9. The molecular formula is C35H36Cl3N3O4S. The number of aryl methyl sites for hydroxylation is 1. The molecule has 242 valence electrons. The SMILES string of the molecule is Cc1ccc(S(=O)(=O)N(CC(=O)N(Cc2ccc(Cl)c(Cl)c2)[C@H](Cc2ccccc2)C(=O)NC(C)(C)C)c2cccc(Cl)c2)cc1. The number of nitrogens with one attached hydrogen (secondary N) is 1. The van der Waals surface area contributed by atoms with Gasteiger partial charge < -0.3 is 10.2 Å². The Morgan fingerprint density at radius 1 is 0.804 bits per heavy atom. The first-order valence-corrected chi connectivity index (χ1v) is 17.2. The van der Waals surface area contributed by atoms with Crippen LogP contribution < -0.4 is 9.62 Å². The minimum absolute atomic E-state index is 0.00761. The quantitative estimate of drug-likeness (QED) is 0.174. The first kappa shape index (κ1) is 35.3. The lowest BCUT2D eigenvalue weighted by molar-refractivity contribution is -0.140. The summed E-state index contributed by atoms with van der Waals surface area (Å²) in [7, 11) is -4.25. The molecule has 1 N–H and O–H groups in total. The van der Waals surface area contributed by atoms with Crippen LogP contribution in [0.3, 0.4) is 0 Å². The van der Waals surface area contributed by atoms with Crippen LogP contribution >= 0.6 is 34.8 Å². The fraction of sp³-hybridized carbons (Fsp3) is 0.257. The van der Waals surface area contributed by atoms with E-state index in [0.29, 0.717) is 15.6 Å². The minimum atomic E-state index is -4.25. The first-order chi connectivity index (χ1) is 21.6. The van der Waals surface area contributed by atoms with Gasteiger partial charge in [0.2, 0.25) is 11.8 Å². The van der Waals surface area contributed by atoms with E-state index >= 15 is 0 Å². The molecule has 46 heavy (non-hydrogen) atoms. The molecule has 0 unspecified atom stereocenters. The third kappa shape index (κ3) is 9.26. The highest BCUT2D eigenvalue weighted by Gasteiger charge is 2.35. The highest BCUT2D eigenvalue weighted by atomic mass is 35.5. The van der Waals surface area contributed by atoms with Crippen LogP contribution in [0, 0.1) is 6.92 Å². The van der Waals surface area contributed by atoms with Crippen molar-refractivity contribution in [2.75, 3.05) is 10.8 Å². The van der Waals surface area contributed by atoms with E-state index in [1.807, 2.05) is 58.0 Å². The summed E-state index contributed by atoms with van der Waals surface area (Å²) in [6.07, 6.45) is 0.178. The molecule has 0 spiro atoms. The molecule has 0 aliphatic carbocycles. The smallest absolute Gasteiger partial charge is 0.264 e. The number of benzene rings is 4. The molecule has 0 aromatic heterocycles. The van der Waals surface area contributed by atoms with E-state index in [2.05, 4.69) is 5.32 Å². The number of sulfonamides is 1. The molecule has 0 heterocycles. The molecule has 0 aliphatic heterocycles. The monoisotopic (exact) mass is 699 g/mol.